The van der Waals surface area contributed by atoms with E-state index in [1.165, 1.54) is 9.13 Å². The predicted molar refractivity (Wildman–Crippen MR) is 126 cm³/mol. The van der Waals surface area contributed by atoms with Gasteiger partial charge in [0.1, 0.15) is 5.52 Å². The first-order valence-corrected chi connectivity index (χ1v) is 11.3. The highest BCUT2D eigenvalue weighted by molar-refractivity contribution is 5.81. The van der Waals surface area contributed by atoms with E-state index in [4.69, 9.17) is 0 Å². The Hall–Kier alpha value is -3.69. The zero-order chi connectivity index (χ0) is 23.6. The molecule has 1 amide bonds. The number of benzene rings is 1. The Morgan fingerprint density at radius 2 is 1.82 bits per heavy atom. The second-order valence-electron chi connectivity index (χ2n) is 8.27. The zero-order valence-corrected chi connectivity index (χ0v) is 19.2. The summed E-state index contributed by atoms with van der Waals surface area (Å²) in [6, 6.07) is 9.45. The first-order chi connectivity index (χ1) is 15.9. The summed E-state index contributed by atoms with van der Waals surface area (Å²) in [7, 11) is 1.74. The molecule has 174 valence electrons. The van der Waals surface area contributed by atoms with E-state index in [0.29, 0.717) is 43.8 Å². The molecule has 1 atom stereocenters. The minimum absolute atomic E-state index is 0.195. The molecular weight excluding hydrogens is 422 g/mol. The van der Waals surface area contributed by atoms with Crippen molar-refractivity contribution >= 4 is 23.3 Å². The number of hydrazone groups is 1. The van der Waals surface area contributed by atoms with Crippen LogP contribution in [0.3, 0.4) is 0 Å². The topological polar surface area (TPSA) is 117 Å². The van der Waals surface area contributed by atoms with Crippen LogP contribution in [-0.4, -0.2) is 43.3 Å². The van der Waals surface area contributed by atoms with E-state index in [1.807, 2.05) is 44.2 Å². The summed E-state index contributed by atoms with van der Waals surface area (Å²) in [4.78, 5) is 46.9. The molecule has 1 aliphatic heterocycles. The highest BCUT2D eigenvalue weighted by atomic mass is 16.2. The largest absolute Gasteiger partial charge is 0.332 e. The van der Waals surface area contributed by atoms with Crippen LogP contribution in [0.1, 0.15) is 44.5 Å². The minimum atomic E-state index is -1.08. The van der Waals surface area contributed by atoms with Crippen LogP contribution in [0.5, 0.6) is 0 Å². The molecule has 10 heteroatoms. The highest BCUT2D eigenvalue weighted by Crippen LogP contribution is 2.31. The number of fused-ring (bicyclic) bond motifs is 1. The van der Waals surface area contributed by atoms with Crippen molar-refractivity contribution in [2.24, 2.45) is 5.10 Å². The van der Waals surface area contributed by atoms with Crippen molar-refractivity contribution in [1.29, 1.82) is 0 Å². The third-order valence-corrected chi connectivity index (χ3v) is 5.90. The molecule has 0 fully saturated rings. The normalized spacial score (nSPS) is 17.7. The Balaban J connectivity index is 1.81. The van der Waals surface area contributed by atoms with Gasteiger partial charge in [0.25, 0.3) is 5.56 Å². The SMILES string of the molecule is CCCn1c(=O)c2[nH]c(C3(NC(=O)Cc4ccccc4)CC=NN3C)nc2n(CCC)c1=O. The van der Waals surface area contributed by atoms with Crippen molar-refractivity contribution in [3.8, 4) is 0 Å². The minimum Gasteiger partial charge on any atom is -0.332 e. The van der Waals surface area contributed by atoms with Crippen LogP contribution >= 0.6 is 0 Å². The van der Waals surface area contributed by atoms with Gasteiger partial charge in [0.15, 0.2) is 17.1 Å². The van der Waals surface area contributed by atoms with Gasteiger partial charge in [-0.15, -0.1) is 0 Å². The predicted octanol–water partition coefficient (Wildman–Crippen LogP) is 1.54. The Morgan fingerprint density at radius 1 is 1.12 bits per heavy atom. The van der Waals surface area contributed by atoms with Gasteiger partial charge in [-0.25, -0.2) is 9.78 Å². The molecule has 1 aliphatic rings. The van der Waals surface area contributed by atoms with Crippen molar-refractivity contribution in [3.63, 3.8) is 0 Å². The number of hydrogen-bond donors (Lipinski definition) is 2. The monoisotopic (exact) mass is 451 g/mol. The number of nitrogens with one attached hydrogen (secondary N) is 2. The summed E-state index contributed by atoms with van der Waals surface area (Å²) in [5, 5.41) is 9.01. The number of carbonyl (C=O) groups excluding carboxylic acids is 1. The average molecular weight is 452 g/mol. The van der Waals surface area contributed by atoms with Crippen LogP contribution in [0.25, 0.3) is 11.2 Å². The Labute approximate surface area is 190 Å². The van der Waals surface area contributed by atoms with E-state index in [1.54, 1.807) is 18.3 Å². The summed E-state index contributed by atoms with van der Waals surface area (Å²) in [6.45, 7) is 4.64. The summed E-state index contributed by atoms with van der Waals surface area (Å²) in [5.74, 6) is 0.169. The van der Waals surface area contributed by atoms with E-state index in [9.17, 15) is 14.4 Å². The lowest BCUT2D eigenvalue weighted by Crippen LogP contribution is -2.54. The maximum Gasteiger partial charge on any atom is 0.332 e. The van der Waals surface area contributed by atoms with Crippen molar-refractivity contribution in [2.45, 2.75) is 58.3 Å². The first kappa shape index (κ1) is 22.5. The van der Waals surface area contributed by atoms with Crippen LogP contribution in [0.4, 0.5) is 0 Å². The number of nitrogens with zero attached hydrogens (tertiary/aromatic N) is 5. The highest BCUT2D eigenvalue weighted by Gasteiger charge is 2.44. The molecule has 3 heterocycles. The molecule has 0 spiro atoms. The molecule has 2 aromatic heterocycles. The number of aromatic nitrogens is 4. The van der Waals surface area contributed by atoms with Crippen LogP contribution in [-0.2, 0) is 30.0 Å². The fourth-order valence-electron chi connectivity index (χ4n) is 4.23. The molecule has 10 nitrogen and oxygen atoms in total. The smallest absolute Gasteiger partial charge is 0.332 e. The van der Waals surface area contributed by atoms with Crippen molar-refractivity contribution in [2.75, 3.05) is 7.05 Å². The number of amides is 1. The fourth-order valence-corrected chi connectivity index (χ4v) is 4.23. The summed E-state index contributed by atoms with van der Waals surface area (Å²) < 4.78 is 2.77. The molecule has 1 aromatic carbocycles. The number of aryl methyl sites for hydroxylation is 1. The molecule has 0 aliphatic carbocycles. The number of carbonyl (C=O) groups is 1. The van der Waals surface area contributed by atoms with Crippen molar-refractivity contribution in [3.05, 3.63) is 62.6 Å². The Bertz CT molecular complexity index is 1310. The van der Waals surface area contributed by atoms with Gasteiger partial charge in [-0.3, -0.25) is 23.7 Å². The van der Waals surface area contributed by atoms with Gasteiger partial charge in [0.05, 0.1) is 6.42 Å². The van der Waals surface area contributed by atoms with Crippen LogP contribution in [0, 0.1) is 0 Å². The molecule has 2 N–H and O–H groups in total. The van der Waals surface area contributed by atoms with Gasteiger partial charge in [-0.2, -0.15) is 5.10 Å². The van der Waals surface area contributed by atoms with Gasteiger partial charge in [-0.05, 0) is 18.4 Å². The lowest BCUT2D eigenvalue weighted by molar-refractivity contribution is -0.125. The second-order valence-corrected chi connectivity index (χ2v) is 8.27. The van der Waals surface area contributed by atoms with E-state index in [2.05, 4.69) is 20.4 Å². The second kappa shape index (κ2) is 9.05. The molecule has 0 saturated heterocycles. The number of aromatic amines is 1. The van der Waals surface area contributed by atoms with Crippen molar-refractivity contribution in [1.82, 2.24) is 29.4 Å². The number of hydrogen-bond acceptors (Lipinski definition) is 6. The van der Waals surface area contributed by atoms with E-state index < -0.39 is 11.2 Å². The molecule has 33 heavy (non-hydrogen) atoms. The van der Waals surface area contributed by atoms with E-state index in [0.717, 1.165) is 5.56 Å². The molecule has 0 radical (unpaired) electrons. The molecule has 4 rings (SSSR count). The van der Waals surface area contributed by atoms with Crippen LogP contribution in [0.2, 0.25) is 0 Å². The molecule has 3 aromatic rings. The quantitative estimate of drug-likeness (QED) is 0.539. The Kier molecular flexibility index (Phi) is 6.17. The summed E-state index contributed by atoms with van der Waals surface area (Å²) in [5.41, 5.74) is -0.423. The molecule has 0 saturated carbocycles. The maximum absolute atomic E-state index is 13.1. The van der Waals surface area contributed by atoms with E-state index in [-0.39, 0.29) is 23.5 Å². The number of H-pyrrole nitrogens is 1. The summed E-state index contributed by atoms with van der Waals surface area (Å²) >= 11 is 0. The van der Waals surface area contributed by atoms with Gasteiger partial charge in [0.2, 0.25) is 5.91 Å². The lowest BCUT2D eigenvalue weighted by Gasteiger charge is -2.34. The third kappa shape index (κ3) is 3.96. The standard InChI is InChI=1S/C23H29N7O3/c1-4-13-29-19-18(20(32)30(14-5-2)22(29)33)25-21(26-19)23(11-12-24-28(23)3)27-17(31)15-16-9-7-6-8-10-16/h6-10,12H,4-5,11,13-15H2,1-3H3,(H,25,26)(H,27,31). The fraction of sp³-hybridized carbons (Fsp3) is 0.435. The van der Waals surface area contributed by atoms with Gasteiger partial charge in [-0.1, -0.05) is 44.2 Å². The zero-order valence-electron chi connectivity index (χ0n) is 19.2. The summed E-state index contributed by atoms with van der Waals surface area (Å²) in [6.07, 6.45) is 3.63. The maximum atomic E-state index is 13.1. The number of rotatable bonds is 8. The van der Waals surface area contributed by atoms with E-state index >= 15 is 0 Å². The molecule has 1 unspecified atom stereocenters. The van der Waals surface area contributed by atoms with Gasteiger partial charge in [0, 0.05) is 32.8 Å². The van der Waals surface area contributed by atoms with Gasteiger partial charge >= 0.3 is 5.69 Å². The third-order valence-electron chi connectivity index (χ3n) is 5.90. The molecule has 0 bridgehead atoms. The van der Waals surface area contributed by atoms with Crippen molar-refractivity contribution < 1.29 is 4.79 Å². The average Bonchev–Trinajstić information content (AvgIpc) is 3.40. The Morgan fingerprint density at radius 3 is 2.45 bits per heavy atom. The number of imidazole rings is 1. The molecular formula is C23H29N7O3. The van der Waals surface area contributed by atoms with Crippen LogP contribution in [0.15, 0.2) is 45.0 Å². The first-order valence-electron chi connectivity index (χ1n) is 11.3. The van der Waals surface area contributed by atoms with Gasteiger partial charge < -0.3 is 10.3 Å². The van der Waals surface area contributed by atoms with Crippen LogP contribution < -0.4 is 16.6 Å². The lowest BCUT2D eigenvalue weighted by atomic mass is 10.1.